The van der Waals surface area contributed by atoms with Crippen LogP contribution in [0.1, 0.15) is 18.4 Å². The molecule has 4 rings (SSSR count). The lowest BCUT2D eigenvalue weighted by Crippen LogP contribution is -2.59. The molecule has 3 N–H and O–H groups in total. The second-order valence-electron chi connectivity index (χ2n) is 7.57. The van der Waals surface area contributed by atoms with Gasteiger partial charge in [0, 0.05) is 25.2 Å². The number of carbonyl (C=O) groups is 2. The SMILES string of the molecule is COc1ccccc1CNC(=O)CN1CCC2(CC1)Nc1ccccc1NC2=O. The van der Waals surface area contributed by atoms with Gasteiger partial charge in [0.1, 0.15) is 11.3 Å². The summed E-state index contributed by atoms with van der Waals surface area (Å²) >= 11 is 0. The zero-order chi connectivity index (χ0) is 20.3. The van der Waals surface area contributed by atoms with Crippen molar-refractivity contribution in [3.8, 4) is 5.75 Å². The van der Waals surface area contributed by atoms with Gasteiger partial charge in [0.25, 0.3) is 0 Å². The molecule has 1 saturated heterocycles. The highest BCUT2D eigenvalue weighted by atomic mass is 16.5. The van der Waals surface area contributed by atoms with Crippen LogP contribution in [-0.2, 0) is 16.1 Å². The Hall–Kier alpha value is -3.06. The smallest absolute Gasteiger partial charge is 0.250 e. The monoisotopic (exact) mass is 394 g/mol. The first-order valence-corrected chi connectivity index (χ1v) is 9.89. The van der Waals surface area contributed by atoms with Crippen molar-refractivity contribution in [2.45, 2.75) is 24.9 Å². The quantitative estimate of drug-likeness (QED) is 0.724. The van der Waals surface area contributed by atoms with Crippen molar-refractivity contribution in [3.63, 3.8) is 0 Å². The van der Waals surface area contributed by atoms with Gasteiger partial charge in [-0.2, -0.15) is 0 Å². The number of hydrogen-bond donors (Lipinski definition) is 3. The van der Waals surface area contributed by atoms with Crippen molar-refractivity contribution in [2.75, 3.05) is 37.4 Å². The summed E-state index contributed by atoms with van der Waals surface area (Å²) in [5.41, 5.74) is 2.12. The maximum Gasteiger partial charge on any atom is 0.250 e. The van der Waals surface area contributed by atoms with Crippen molar-refractivity contribution >= 4 is 23.2 Å². The molecule has 2 aliphatic rings. The van der Waals surface area contributed by atoms with E-state index in [2.05, 4.69) is 20.9 Å². The minimum Gasteiger partial charge on any atom is -0.496 e. The predicted molar refractivity (Wildman–Crippen MR) is 112 cm³/mol. The lowest BCUT2D eigenvalue weighted by atomic mass is 9.84. The summed E-state index contributed by atoms with van der Waals surface area (Å²) in [6.45, 7) is 2.13. The van der Waals surface area contributed by atoms with Crippen molar-refractivity contribution in [1.29, 1.82) is 0 Å². The fourth-order valence-electron chi connectivity index (χ4n) is 4.00. The van der Waals surface area contributed by atoms with E-state index in [0.29, 0.717) is 39.0 Å². The Balaban J connectivity index is 1.30. The summed E-state index contributed by atoms with van der Waals surface area (Å²) in [7, 11) is 1.62. The number of ether oxygens (including phenoxy) is 1. The van der Waals surface area contributed by atoms with Crippen LogP contribution in [0, 0.1) is 0 Å². The lowest BCUT2D eigenvalue weighted by molar-refractivity contribution is -0.124. The molecule has 1 spiro atoms. The number of rotatable bonds is 5. The van der Waals surface area contributed by atoms with Crippen molar-refractivity contribution in [2.24, 2.45) is 0 Å². The van der Waals surface area contributed by atoms with Crippen LogP contribution in [0.25, 0.3) is 0 Å². The van der Waals surface area contributed by atoms with Gasteiger partial charge in [-0.05, 0) is 31.0 Å². The van der Waals surface area contributed by atoms with Gasteiger partial charge < -0.3 is 20.7 Å². The molecular weight excluding hydrogens is 368 g/mol. The highest BCUT2D eigenvalue weighted by molar-refractivity contribution is 6.06. The number of benzene rings is 2. The van der Waals surface area contributed by atoms with Crippen LogP contribution in [0.3, 0.4) is 0 Å². The minimum atomic E-state index is -0.598. The summed E-state index contributed by atoms with van der Waals surface area (Å²) in [4.78, 5) is 27.2. The summed E-state index contributed by atoms with van der Waals surface area (Å²) in [5.74, 6) is 0.747. The third-order valence-electron chi connectivity index (χ3n) is 5.73. The molecule has 0 radical (unpaired) electrons. The minimum absolute atomic E-state index is 0.0106. The molecule has 2 aromatic rings. The molecule has 0 aromatic heterocycles. The fraction of sp³-hybridized carbons (Fsp3) is 0.364. The third kappa shape index (κ3) is 4.05. The van der Waals surface area contributed by atoms with Crippen LogP contribution in [0.4, 0.5) is 11.4 Å². The number of likely N-dealkylation sites (tertiary alicyclic amines) is 1. The Labute approximate surface area is 170 Å². The molecule has 0 saturated carbocycles. The van der Waals surface area contributed by atoms with Crippen LogP contribution in [-0.4, -0.2) is 49.0 Å². The number of amides is 2. The highest BCUT2D eigenvalue weighted by Crippen LogP contribution is 2.36. The first kappa shape index (κ1) is 19.3. The summed E-state index contributed by atoms with van der Waals surface area (Å²) in [5, 5.41) is 9.41. The fourth-order valence-corrected chi connectivity index (χ4v) is 4.00. The topological polar surface area (TPSA) is 82.7 Å². The average molecular weight is 394 g/mol. The van der Waals surface area contributed by atoms with Gasteiger partial charge in [-0.3, -0.25) is 14.5 Å². The van der Waals surface area contributed by atoms with E-state index in [0.717, 1.165) is 22.7 Å². The largest absolute Gasteiger partial charge is 0.496 e. The number of nitrogens with zero attached hydrogens (tertiary/aromatic N) is 1. The number of methoxy groups -OCH3 is 1. The van der Waals surface area contributed by atoms with E-state index < -0.39 is 5.54 Å². The molecule has 152 valence electrons. The maximum atomic E-state index is 12.7. The molecule has 0 unspecified atom stereocenters. The molecule has 0 bridgehead atoms. The Bertz CT molecular complexity index is 906. The van der Waals surface area contributed by atoms with Crippen LogP contribution in [0.5, 0.6) is 5.75 Å². The molecule has 2 aromatic carbocycles. The summed E-state index contributed by atoms with van der Waals surface area (Å²) < 4.78 is 5.32. The van der Waals surface area contributed by atoms with E-state index in [4.69, 9.17) is 4.74 Å². The van der Waals surface area contributed by atoms with Crippen molar-refractivity contribution < 1.29 is 14.3 Å². The first-order valence-electron chi connectivity index (χ1n) is 9.89. The van der Waals surface area contributed by atoms with Gasteiger partial charge in [0.2, 0.25) is 11.8 Å². The summed E-state index contributed by atoms with van der Waals surface area (Å²) in [6, 6.07) is 15.4. The normalized spacial score (nSPS) is 17.8. The molecule has 0 aliphatic carbocycles. The Morgan fingerprint density at radius 2 is 1.79 bits per heavy atom. The number of piperidine rings is 1. The number of hydrogen-bond acceptors (Lipinski definition) is 5. The Morgan fingerprint density at radius 3 is 2.55 bits per heavy atom. The Morgan fingerprint density at radius 1 is 1.10 bits per heavy atom. The molecule has 7 heteroatoms. The van der Waals surface area contributed by atoms with E-state index in [1.54, 1.807) is 7.11 Å². The average Bonchev–Trinajstić information content (AvgIpc) is 2.75. The van der Waals surface area contributed by atoms with Crippen LogP contribution < -0.4 is 20.7 Å². The number of nitrogens with one attached hydrogen (secondary N) is 3. The van der Waals surface area contributed by atoms with Gasteiger partial charge in [0.05, 0.1) is 25.0 Å². The second-order valence-corrected chi connectivity index (χ2v) is 7.57. The standard InChI is InChI=1S/C22H26N4O3/c1-29-19-9-5-2-6-16(19)14-23-20(27)15-26-12-10-22(11-13-26)21(28)24-17-7-3-4-8-18(17)25-22/h2-9,25H,10-15H2,1H3,(H,23,27)(H,24,28). The van der Waals surface area contributed by atoms with Crippen molar-refractivity contribution in [3.05, 3.63) is 54.1 Å². The van der Waals surface area contributed by atoms with Crippen LogP contribution in [0.15, 0.2) is 48.5 Å². The van der Waals surface area contributed by atoms with E-state index >= 15 is 0 Å². The van der Waals surface area contributed by atoms with Crippen LogP contribution in [0.2, 0.25) is 0 Å². The lowest BCUT2D eigenvalue weighted by Gasteiger charge is -2.44. The molecule has 29 heavy (non-hydrogen) atoms. The van der Waals surface area contributed by atoms with E-state index in [-0.39, 0.29) is 11.8 Å². The van der Waals surface area contributed by atoms with Gasteiger partial charge in [-0.15, -0.1) is 0 Å². The van der Waals surface area contributed by atoms with E-state index in [1.165, 1.54) is 0 Å². The molecule has 2 amide bonds. The molecule has 7 nitrogen and oxygen atoms in total. The number of para-hydroxylation sites is 3. The Kier molecular flexibility index (Phi) is 5.40. The number of fused-ring (bicyclic) bond motifs is 1. The molecular formula is C22H26N4O3. The van der Waals surface area contributed by atoms with E-state index in [9.17, 15) is 9.59 Å². The molecule has 2 heterocycles. The molecule has 2 aliphatic heterocycles. The van der Waals surface area contributed by atoms with Crippen molar-refractivity contribution in [1.82, 2.24) is 10.2 Å². The maximum absolute atomic E-state index is 12.7. The van der Waals surface area contributed by atoms with Crippen LogP contribution >= 0.6 is 0 Å². The molecule has 0 atom stereocenters. The predicted octanol–water partition coefficient (Wildman–Crippen LogP) is 2.21. The summed E-state index contributed by atoms with van der Waals surface area (Å²) in [6.07, 6.45) is 1.32. The zero-order valence-electron chi connectivity index (χ0n) is 16.5. The van der Waals surface area contributed by atoms with Gasteiger partial charge in [0.15, 0.2) is 0 Å². The highest BCUT2D eigenvalue weighted by Gasteiger charge is 2.44. The van der Waals surface area contributed by atoms with Gasteiger partial charge >= 0.3 is 0 Å². The van der Waals surface area contributed by atoms with Gasteiger partial charge in [-0.25, -0.2) is 0 Å². The third-order valence-corrected chi connectivity index (χ3v) is 5.73. The number of carbonyl (C=O) groups excluding carboxylic acids is 2. The number of anilines is 2. The van der Waals surface area contributed by atoms with E-state index in [1.807, 2.05) is 48.5 Å². The van der Waals surface area contributed by atoms with Gasteiger partial charge in [-0.1, -0.05) is 30.3 Å². The molecule has 1 fully saturated rings. The first-order chi connectivity index (χ1) is 14.1. The zero-order valence-corrected chi connectivity index (χ0v) is 16.5. The second kappa shape index (κ2) is 8.13.